The molecule has 0 aromatic heterocycles. The van der Waals surface area contributed by atoms with Crippen LogP contribution in [0.25, 0.3) is 0 Å². The minimum atomic E-state index is -1.42. The minimum Gasteiger partial charge on any atom is -0.497 e. The highest BCUT2D eigenvalue weighted by Gasteiger charge is 2.53. The van der Waals surface area contributed by atoms with Gasteiger partial charge in [-0.05, 0) is 41.4 Å². The van der Waals surface area contributed by atoms with Crippen molar-refractivity contribution < 1.29 is 24.5 Å². The molecule has 0 amide bonds. The van der Waals surface area contributed by atoms with Crippen molar-refractivity contribution in [2.24, 2.45) is 16.2 Å². The van der Waals surface area contributed by atoms with Crippen molar-refractivity contribution in [1.29, 1.82) is 0 Å². The van der Waals surface area contributed by atoms with Gasteiger partial charge in [0.1, 0.15) is 5.75 Å². The number of aliphatic carboxylic acids is 2. The van der Waals surface area contributed by atoms with Crippen LogP contribution < -0.4 is 4.74 Å². The number of ether oxygens (including phenoxy) is 1. The molecule has 146 valence electrons. The van der Waals surface area contributed by atoms with Gasteiger partial charge in [0.2, 0.25) is 0 Å². The van der Waals surface area contributed by atoms with Gasteiger partial charge in [0.05, 0.1) is 18.4 Å². The summed E-state index contributed by atoms with van der Waals surface area (Å²) >= 11 is 0. The third kappa shape index (κ3) is 5.48. The van der Waals surface area contributed by atoms with Gasteiger partial charge in [-0.1, -0.05) is 53.7 Å². The van der Waals surface area contributed by atoms with Gasteiger partial charge in [-0.3, -0.25) is 9.59 Å². The first-order valence-corrected chi connectivity index (χ1v) is 8.82. The highest BCUT2D eigenvalue weighted by Crippen LogP contribution is 2.51. The summed E-state index contributed by atoms with van der Waals surface area (Å²) in [6.45, 7) is 11.7. The first kappa shape index (κ1) is 22.0. The molecule has 1 aromatic rings. The molecule has 5 heteroatoms. The van der Waals surface area contributed by atoms with Crippen molar-refractivity contribution in [3.05, 3.63) is 29.8 Å². The summed E-state index contributed by atoms with van der Waals surface area (Å²) in [6, 6.07) is 6.65. The zero-order chi connectivity index (χ0) is 20.3. The zero-order valence-corrected chi connectivity index (χ0v) is 16.9. The SMILES string of the molecule is COc1ccc(C(C(=O)O)C(CC(C)(C)C)(CC(C)(C)C)C(=O)O)cc1. The Morgan fingerprint density at radius 1 is 0.923 bits per heavy atom. The summed E-state index contributed by atoms with van der Waals surface area (Å²) in [4.78, 5) is 24.8. The summed E-state index contributed by atoms with van der Waals surface area (Å²) in [7, 11) is 1.53. The third-order valence-corrected chi connectivity index (χ3v) is 4.37. The Morgan fingerprint density at radius 3 is 1.62 bits per heavy atom. The second-order valence-electron chi connectivity index (χ2n) is 9.48. The first-order chi connectivity index (χ1) is 11.7. The van der Waals surface area contributed by atoms with E-state index in [1.165, 1.54) is 7.11 Å². The molecule has 1 aromatic carbocycles. The molecule has 5 nitrogen and oxygen atoms in total. The number of methoxy groups -OCH3 is 1. The molecule has 0 aliphatic rings. The van der Waals surface area contributed by atoms with Gasteiger partial charge in [-0.25, -0.2) is 0 Å². The molecule has 0 bridgehead atoms. The largest absolute Gasteiger partial charge is 0.497 e. The average molecular weight is 364 g/mol. The summed E-state index contributed by atoms with van der Waals surface area (Å²) in [6.07, 6.45) is 0.519. The van der Waals surface area contributed by atoms with E-state index in [0.717, 1.165) is 0 Å². The van der Waals surface area contributed by atoms with Gasteiger partial charge in [0.25, 0.3) is 0 Å². The number of carboxylic acid groups (broad SMARTS) is 2. The second-order valence-corrected chi connectivity index (χ2v) is 9.48. The molecule has 2 N–H and O–H groups in total. The maximum atomic E-state index is 12.5. The lowest BCUT2D eigenvalue weighted by atomic mass is 9.59. The molecule has 0 aliphatic carbocycles. The Hall–Kier alpha value is -2.04. The maximum Gasteiger partial charge on any atom is 0.312 e. The van der Waals surface area contributed by atoms with Gasteiger partial charge in [-0.15, -0.1) is 0 Å². The first-order valence-electron chi connectivity index (χ1n) is 8.82. The van der Waals surface area contributed by atoms with Crippen molar-refractivity contribution in [3.63, 3.8) is 0 Å². The molecular formula is C21H32O5. The maximum absolute atomic E-state index is 12.5. The average Bonchev–Trinajstić information content (AvgIpc) is 2.43. The van der Waals surface area contributed by atoms with Crippen LogP contribution in [0.3, 0.4) is 0 Å². The molecule has 0 radical (unpaired) electrons. The molecule has 1 unspecified atom stereocenters. The normalized spacial score (nSPS) is 14.0. The van der Waals surface area contributed by atoms with Crippen molar-refractivity contribution in [2.75, 3.05) is 7.11 Å². The number of hydrogen-bond donors (Lipinski definition) is 2. The topological polar surface area (TPSA) is 83.8 Å². The lowest BCUT2D eigenvalue weighted by molar-refractivity contribution is -0.163. The molecule has 0 aliphatic heterocycles. The molecule has 1 rings (SSSR count). The van der Waals surface area contributed by atoms with Crippen molar-refractivity contribution in [1.82, 2.24) is 0 Å². The highest BCUT2D eigenvalue weighted by molar-refractivity contribution is 5.87. The predicted octanol–water partition coefficient (Wildman–Crippen LogP) is 4.81. The molecular weight excluding hydrogens is 332 g/mol. The van der Waals surface area contributed by atoms with Gasteiger partial charge < -0.3 is 14.9 Å². The van der Waals surface area contributed by atoms with E-state index in [9.17, 15) is 19.8 Å². The number of carboxylic acids is 2. The molecule has 0 heterocycles. The number of carbonyl (C=O) groups is 2. The van der Waals surface area contributed by atoms with Crippen LogP contribution in [0.2, 0.25) is 0 Å². The Morgan fingerprint density at radius 2 is 1.35 bits per heavy atom. The monoisotopic (exact) mass is 364 g/mol. The van der Waals surface area contributed by atoms with Crippen molar-refractivity contribution >= 4 is 11.9 Å². The summed E-state index contributed by atoms with van der Waals surface area (Å²) in [5, 5.41) is 20.3. The van der Waals surface area contributed by atoms with Crippen LogP contribution in [0.5, 0.6) is 5.75 Å². The second kappa shape index (κ2) is 7.68. The molecule has 0 saturated carbocycles. The molecule has 26 heavy (non-hydrogen) atoms. The van der Waals surface area contributed by atoms with Gasteiger partial charge in [0.15, 0.2) is 0 Å². The molecule has 1 atom stereocenters. The number of rotatable bonds is 7. The van der Waals surface area contributed by atoms with Crippen LogP contribution >= 0.6 is 0 Å². The van der Waals surface area contributed by atoms with Crippen molar-refractivity contribution in [3.8, 4) is 5.75 Å². The van der Waals surface area contributed by atoms with E-state index in [4.69, 9.17) is 4.74 Å². The highest BCUT2D eigenvalue weighted by atomic mass is 16.5. The Balaban J connectivity index is 3.64. The standard InChI is InChI=1S/C21H32O5/c1-19(2,3)12-21(18(24)25,13-20(4,5)6)16(17(22)23)14-8-10-15(26-7)11-9-14/h8-11,16H,12-13H2,1-7H3,(H,22,23)(H,24,25). The Bertz CT molecular complexity index is 616. The molecule has 0 saturated heterocycles. The Labute approximate surface area is 156 Å². The molecule has 0 spiro atoms. The van der Waals surface area contributed by atoms with E-state index in [1.807, 2.05) is 41.5 Å². The fourth-order valence-corrected chi connectivity index (χ4v) is 3.93. The third-order valence-electron chi connectivity index (χ3n) is 4.37. The van der Waals surface area contributed by atoms with Crippen LogP contribution in [-0.4, -0.2) is 29.3 Å². The quantitative estimate of drug-likeness (QED) is 0.725. The van der Waals surface area contributed by atoms with E-state index in [2.05, 4.69) is 0 Å². The summed E-state index contributed by atoms with van der Waals surface area (Å²) in [5.74, 6) is -2.73. The van der Waals surface area contributed by atoms with Gasteiger partial charge in [0, 0.05) is 0 Å². The lowest BCUT2D eigenvalue weighted by Gasteiger charge is -2.43. The lowest BCUT2D eigenvalue weighted by Crippen LogP contribution is -2.46. The van der Waals surface area contributed by atoms with E-state index in [-0.39, 0.29) is 23.7 Å². The predicted molar refractivity (Wildman–Crippen MR) is 102 cm³/mol. The van der Waals surface area contributed by atoms with Crippen LogP contribution in [-0.2, 0) is 9.59 Å². The van der Waals surface area contributed by atoms with Gasteiger partial charge >= 0.3 is 11.9 Å². The van der Waals surface area contributed by atoms with Crippen LogP contribution in [0, 0.1) is 16.2 Å². The number of hydrogen-bond acceptors (Lipinski definition) is 3. The zero-order valence-electron chi connectivity index (χ0n) is 16.9. The minimum absolute atomic E-state index is 0.260. The van der Waals surface area contributed by atoms with Crippen LogP contribution in [0.1, 0.15) is 65.9 Å². The van der Waals surface area contributed by atoms with E-state index in [1.54, 1.807) is 24.3 Å². The van der Waals surface area contributed by atoms with Crippen LogP contribution in [0.4, 0.5) is 0 Å². The Kier molecular flexibility index (Phi) is 6.50. The van der Waals surface area contributed by atoms with E-state index >= 15 is 0 Å². The fraction of sp³-hybridized carbons (Fsp3) is 0.619. The summed E-state index contributed by atoms with van der Waals surface area (Å²) in [5.41, 5.74) is -1.63. The van der Waals surface area contributed by atoms with E-state index < -0.39 is 23.3 Å². The smallest absolute Gasteiger partial charge is 0.312 e. The van der Waals surface area contributed by atoms with Gasteiger partial charge in [-0.2, -0.15) is 0 Å². The van der Waals surface area contributed by atoms with E-state index in [0.29, 0.717) is 11.3 Å². The summed E-state index contributed by atoms with van der Waals surface area (Å²) < 4.78 is 5.14. The fourth-order valence-electron chi connectivity index (χ4n) is 3.93. The van der Waals surface area contributed by atoms with Crippen LogP contribution in [0.15, 0.2) is 24.3 Å². The number of benzene rings is 1. The molecule has 0 fully saturated rings. The van der Waals surface area contributed by atoms with Crippen molar-refractivity contribution in [2.45, 2.75) is 60.3 Å².